The molecule has 2 aromatic carbocycles. The summed E-state index contributed by atoms with van der Waals surface area (Å²) in [7, 11) is -1.69. The van der Waals surface area contributed by atoms with E-state index in [4.69, 9.17) is 11.6 Å². The molecule has 2 N–H and O–H groups in total. The zero-order chi connectivity index (χ0) is 22.9. The van der Waals surface area contributed by atoms with Gasteiger partial charge in [-0.25, -0.2) is 4.21 Å². The molecule has 0 fully saturated rings. The van der Waals surface area contributed by atoms with Gasteiger partial charge in [-0.1, -0.05) is 44.5 Å². The van der Waals surface area contributed by atoms with Crippen molar-refractivity contribution < 1.29 is 9.32 Å². The van der Waals surface area contributed by atoms with Gasteiger partial charge in [0.2, 0.25) is 5.56 Å². The minimum atomic E-state index is -1.69. The number of aryl methyl sites for hydroxylation is 1. The van der Waals surface area contributed by atoms with E-state index in [1.807, 2.05) is 43.5 Å². The van der Waals surface area contributed by atoms with Crippen molar-refractivity contribution >= 4 is 28.1 Å². The SMILES string of the molecule is Cc1nnc(-c2ccc(Cl)cc2NC(O)S(=O)c2ccc(C(C)(C)C)cc2)n1C(C)C. The van der Waals surface area contributed by atoms with Gasteiger partial charge in [-0.05, 0) is 62.1 Å². The van der Waals surface area contributed by atoms with Gasteiger partial charge in [-0.15, -0.1) is 10.2 Å². The molecule has 0 bridgehead atoms. The van der Waals surface area contributed by atoms with Gasteiger partial charge < -0.3 is 15.0 Å². The van der Waals surface area contributed by atoms with E-state index in [0.29, 0.717) is 21.4 Å². The fraction of sp³-hybridized carbons (Fsp3) is 0.391. The monoisotopic (exact) mass is 460 g/mol. The van der Waals surface area contributed by atoms with Crippen molar-refractivity contribution in [2.75, 3.05) is 5.32 Å². The number of anilines is 1. The van der Waals surface area contributed by atoms with E-state index < -0.39 is 16.4 Å². The molecule has 1 aromatic heterocycles. The highest BCUT2D eigenvalue weighted by molar-refractivity contribution is 7.85. The number of rotatable bonds is 6. The van der Waals surface area contributed by atoms with Crippen LogP contribution in [0.25, 0.3) is 11.4 Å². The summed E-state index contributed by atoms with van der Waals surface area (Å²) in [6, 6.07) is 12.9. The Kier molecular flexibility index (Phi) is 6.88. The molecule has 3 rings (SSSR count). The van der Waals surface area contributed by atoms with Crippen LogP contribution >= 0.6 is 11.6 Å². The zero-order valence-corrected chi connectivity index (χ0v) is 20.3. The lowest BCUT2D eigenvalue weighted by Gasteiger charge is -2.20. The standard InChI is InChI=1S/C23H29ClN4O2S/c1-14(2)28-15(3)26-27-21(28)19-12-9-17(24)13-20(19)25-22(29)31(30)18-10-7-16(8-11-18)23(4,5)6/h7-14,22,25,29H,1-6H3. The smallest absolute Gasteiger partial charge is 0.207 e. The summed E-state index contributed by atoms with van der Waals surface area (Å²) in [4.78, 5) is 0.540. The van der Waals surface area contributed by atoms with E-state index in [1.165, 1.54) is 0 Å². The summed E-state index contributed by atoms with van der Waals surface area (Å²) in [6.45, 7) is 12.3. The fourth-order valence-corrected chi connectivity index (χ4v) is 4.47. The van der Waals surface area contributed by atoms with Crippen LogP contribution in [0.15, 0.2) is 47.4 Å². The molecule has 0 saturated carbocycles. The van der Waals surface area contributed by atoms with E-state index in [1.54, 1.807) is 24.3 Å². The number of benzene rings is 2. The van der Waals surface area contributed by atoms with Gasteiger partial charge >= 0.3 is 0 Å². The van der Waals surface area contributed by atoms with Crippen molar-refractivity contribution in [1.82, 2.24) is 14.8 Å². The highest BCUT2D eigenvalue weighted by Crippen LogP contribution is 2.32. The summed E-state index contributed by atoms with van der Waals surface area (Å²) < 4.78 is 15.0. The molecule has 31 heavy (non-hydrogen) atoms. The molecule has 166 valence electrons. The molecule has 0 amide bonds. The highest BCUT2D eigenvalue weighted by atomic mass is 35.5. The van der Waals surface area contributed by atoms with Crippen LogP contribution in [0.3, 0.4) is 0 Å². The van der Waals surface area contributed by atoms with Crippen LogP contribution in [0.2, 0.25) is 5.02 Å². The van der Waals surface area contributed by atoms with Crippen molar-refractivity contribution in [2.24, 2.45) is 0 Å². The van der Waals surface area contributed by atoms with Crippen molar-refractivity contribution in [1.29, 1.82) is 0 Å². The lowest BCUT2D eigenvalue weighted by molar-refractivity contribution is 0.284. The number of nitrogens with zero attached hydrogens (tertiary/aromatic N) is 3. The third kappa shape index (κ3) is 5.17. The Morgan fingerprint density at radius 1 is 1.10 bits per heavy atom. The first-order valence-corrected chi connectivity index (χ1v) is 11.8. The van der Waals surface area contributed by atoms with Crippen molar-refractivity contribution in [3.63, 3.8) is 0 Å². The number of hydrogen-bond acceptors (Lipinski definition) is 5. The van der Waals surface area contributed by atoms with Crippen LogP contribution in [0.4, 0.5) is 5.69 Å². The molecule has 2 atom stereocenters. The Morgan fingerprint density at radius 3 is 2.32 bits per heavy atom. The van der Waals surface area contributed by atoms with E-state index >= 15 is 0 Å². The minimum Gasteiger partial charge on any atom is -0.363 e. The van der Waals surface area contributed by atoms with Gasteiger partial charge in [-0.3, -0.25) is 0 Å². The number of hydrogen-bond donors (Lipinski definition) is 2. The average Bonchev–Trinajstić information content (AvgIpc) is 3.08. The summed E-state index contributed by atoms with van der Waals surface area (Å²) in [6.07, 6.45) is 0. The largest absolute Gasteiger partial charge is 0.363 e. The number of halogens is 1. The molecule has 2 unspecified atom stereocenters. The van der Waals surface area contributed by atoms with Crippen LogP contribution in [-0.2, 0) is 16.2 Å². The predicted octanol–water partition coefficient (Wildman–Crippen LogP) is 5.28. The van der Waals surface area contributed by atoms with Gasteiger partial charge in [-0.2, -0.15) is 0 Å². The molecule has 8 heteroatoms. The molecule has 0 aliphatic heterocycles. The second kappa shape index (κ2) is 9.10. The van der Waals surface area contributed by atoms with Crippen molar-refractivity contribution in [3.05, 3.63) is 58.9 Å². The molecule has 1 heterocycles. The van der Waals surface area contributed by atoms with Crippen LogP contribution in [-0.4, -0.2) is 29.6 Å². The number of aliphatic hydroxyl groups is 1. The molecule has 0 radical (unpaired) electrons. The predicted molar refractivity (Wildman–Crippen MR) is 127 cm³/mol. The number of aromatic nitrogens is 3. The van der Waals surface area contributed by atoms with Gasteiger partial charge in [0.1, 0.15) is 16.6 Å². The van der Waals surface area contributed by atoms with Crippen LogP contribution in [0, 0.1) is 6.92 Å². The lowest BCUT2D eigenvalue weighted by Crippen LogP contribution is -2.25. The number of aliphatic hydroxyl groups excluding tert-OH is 1. The van der Waals surface area contributed by atoms with Gasteiger partial charge in [0.25, 0.3) is 0 Å². The summed E-state index contributed by atoms with van der Waals surface area (Å²) >= 11 is 6.21. The maximum atomic E-state index is 13.0. The van der Waals surface area contributed by atoms with E-state index in [2.05, 4.69) is 36.3 Å². The first-order chi connectivity index (χ1) is 14.5. The van der Waals surface area contributed by atoms with Crippen LogP contribution in [0.1, 0.15) is 52.0 Å². The van der Waals surface area contributed by atoms with Crippen LogP contribution < -0.4 is 5.32 Å². The molecular weight excluding hydrogens is 432 g/mol. The van der Waals surface area contributed by atoms with Gasteiger partial charge in [0, 0.05) is 27.2 Å². The first-order valence-electron chi connectivity index (χ1n) is 10.2. The quantitative estimate of drug-likeness (QED) is 0.489. The van der Waals surface area contributed by atoms with Gasteiger partial charge in [0.15, 0.2) is 5.82 Å². The third-order valence-corrected chi connectivity index (χ3v) is 6.53. The first kappa shape index (κ1) is 23.4. The molecular formula is C23H29ClN4O2S. The minimum absolute atomic E-state index is 0.00290. The molecule has 0 aliphatic rings. The topological polar surface area (TPSA) is 80.0 Å². The Morgan fingerprint density at radius 2 is 1.74 bits per heavy atom. The Hall–Kier alpha value is -2.22. The number of nitrogens with one attached hydrogen (secondary N) is 1. The zero-order valence-electron chi connectivity index (χ0n) is 18.7. The maximum absolute atomic E-state index is 13.0. The second-order valence-electron chi connectivity index (χ2n) is 8.79. The van der Waals surface area contributed by atoms with E-state index in [9.17, 15) is 9.32 Å². The Bertz CT molecular complexity index is 1090. The van der Waals surface area contributed by atoms with E-state index in [-0.39, 0.29) is 11.5 Å². The summed E-state index contributed by atoms with van der Waals surface area (Å²) in [5.74, 6) is 1.44. The van der Waals surface area contributed by atoms with Crippen molar-refractivity contribution in [2.45, 2.75) is 63.5 Å². The second-order valence-corrected chi connectivity index (χ2v) is 10.7. The molecule has 3 aromatic rings. The normalized spacial score (nSPS) is 14.0. The maximum Gasteiger partial charge on any atom is 0.207 e. The van der Waals surface area contributed by atoms with Crippen molar-refractivity contribution in [3.8, 4) is 11.4 Å². The van der Waals surface area contributed by atoms with Crippen LogP contribution in [0.5, 0.6) is 0 Å². The third-order valence-electron chi connectivity index (χ3n) is 5.04. The molecule has 0 spiro atoms. The summed E-state index contributed by atoms with van der Waals surface area (Å²) in [5.41, 5.74) is 1.06. The Balaban J connectivity index is 1.91. The van der Waals surface area contributed by atoms with Gasteiger partial charge in [0.05, 0.1) is 0 Å². The molecule has 6 nitrogen and oxygen atoms in total. The molecule has 0 saturated heterocycles. The average molecular weight is 461 g/mol. The molecule has 0 aliphatic carbocycles. The fourth-order valence-electron chi connectivity index (χ4n) is 3.41. The van der Waals surface area contributed by atoms with E-state index in [0.717, 1.165) is 17.0 Å². The highest BCUT2D eigenvalue weighted by Gasteiger charge is 2.22. The summed E-state index contributed by atoms with van der Waals surface area (Å²) in [5, 5.41) is 22.7. The lowest BCUT2D eigenvalue weighted by atomic mass is 9.87. The Labute approximate surface area is 191 Å².